The molecule has 4 aromatic carbocycles. The molecule has 4 aromatic rings. The molecule has 5 rings (SSSR count). The van der Waals surface area contributed by atoms with Gasteiger partial charge in [-0.15, -0.1) is 0 Å². The number of carbonyl (C=O) groups excluding carboxylic acids is 1. The average Bonchev–Trinajstić information content (AvgIpc) is 3.29. The second kappa shape index (κ2) is 12.3. The molecule has 0 bridgehead atoms. The van der Waals surface area contributed by atoms with E-state index < -0.39 is 24.0 Å². The van der Waals surface area contributed by atoms with E-state index in [1.54, 1.807) is 0 Å². The standard InChI is InChI=1S/C12H11Si.C9H7.C7H7NO.2ClH.Ti/c1-3-7-11(8-4-1)13-12-9-5-2-6-10-12;1-2-5-9-7-3-6-8(9)4-1;8-7(9)6-4-2-1-3-5-6;;;/h1-10,13H;1-7H;1-5H,(H2,8,9);2*1H;/q;;;;;+3/p-3. The summed E-state index contributed by atoms with van der Waals surface area (Å²) in [6.07, 6.45) is 4.58. The molecular formula is C28H24Cl2NOSiTi. The van der Waals surface area contributed by atoms with Crippen LogP contribution in [0.15, 0.2) is 121 Å². The molecule has 34 heavy (non-hydrogen) atoms. The van der Waals surface area contributed by atoms with E-state index in [0.29, 0.717) is 4.22 Å². The number of carbonyl (C=O) groups is 1. The molecule has 2 nitrogen and oxygen atoms in total. The minimum Gasteiger partial charge on any atom is -1.00 e. The molecule has 1 amide bonds. The van der Waals surface area contributed by atoms with Gasteiger partial charge in [0.25, 0.3) is 0 Å². The third-order valence-electron chi connectivity index (χ3n) is 6.01. The molecule has 0 spiro atoms. The van der Waals surface area contributed by atoms with Crippen molar-refractivity contribution in [1.82, 2.24) is 3.80 Å². The topological polar surface area (TPSA) is 29.1 Å². The van der Waals surface area contributed by atoms with E-state index >= 15 is 0 Å². The van der Waals surface area contributed by atoms with E-state index in [-0.39, 0.29) is 30.7 Å². The molecule has 1 unspecified atom stereocenters. The normalized spacial score (nSPS) is 13.4. The molecule has 0 saturated carbocycles. The summed E-state index contributed by atoms with van der Waals surface area (Å²) < 4.78 is 3.95. The summed E-state index contributed by atoms with van der Waals surface area (Å²) in [7, 11) is 0. The van der Waals surface area contributed by atoms with Gasteiger partial charge in [0, 0.05) is 0 Å². The first-order valence-corrected chi connectivity index (χ1v) is 17.0. The number of hydrogen-bond donors (Lipinski definition) is 1. The van der Waals surface area contributed by atoms with Crippen LogP contribution in [-0.4, -0.2) is 12.6 Å². The minimum absolute atomic E-state index is 0. The molecule has 0 radical (unpaired) electrons. The van der Waals surface area contributed by atoms with Gasteiger partial charge >= 0.3 is 197 Å². The Balaban J connectivity index is 0.00000162. The molecule has 169 valence electrons. The van der Waals surface area contributed by atoms with Crippen LogP contribution in [0.4, 0.5) is 0 Å². The fourth-order valence-corrected chi connectivity index (χ4v) is 18.9. The van der Waals surface area contributed by atoms with Crippen molar-refractivity contribution >= 4 is 29.0 Å². The molecule has 0 aliphatic heterocycles. The van der Waals surface area contributed by atoms with Gasteiger partial charge in [-0.25, -0.2) is 0 Å². The molecule has 0 heterocycles. The van der Waals surface area contributed by atoms with Gasteiger partial charge in [-0.1, -0.05) is 0 Å². The Morgan fingerprint density at radius 1 is 0.676 bits per heavy atom. The third kappa shape index (κ3) is 5.63. The predicted molar refractivity (Wildman–Crippen MR) is 131 cm³/mol. The number of hydrogen-bond acceptors (Lipinski definition) is 1. The fourth-order valence-electron chi connectivity index (χ4n) is 4.49. The Kier molecular flexibility index (Phi) is 9.52. The molecule has 1 aliphatic rings. The van der Waals surface area contributed by atoms with Crippen molar-refractivity contribution in [3.05, 3.63) is 138 Å². The number of fused-ring (bicyclic) bond motifs is 1. The molecule has 1 atom stereocenters. The SMILES string of the molecule is O=C([NH][Ti+2]([CH]1C=Cc2ccccc21)[SiH](c1ccccc1)c1ccccc1)c1ccccc1.[Cl-].[Cl-]. The zero-order chi connectivity index (χ0) is 21.8. The van der Waals surface area contributed by atoms with Crippen LogP contribution in [0.3, 0.4) is 0 Å². The van der Waals surface area contributed by atoms with Crippen LogP contribution >= 0.6 is 0 Å². The molecule has 6 heteroatoms. The summed E-state index contributed by atoms with van der Waals surface area (Å²) >= 11 is -2.24. The predicted octanol–water partition coefficient (Wildman–Crippen LogP) is -1.74. The molecule has 0 fully saturated rings. The first kappa shape index (κ1) is 26.2. The van der Waals surface area contributed by atoms with Gasteiger partial charge in [0.15, 0.2) is 0 Å². The second-order valence-electron chi connectivity index (χ2n) is 8.00. The zero-order valence-electron chi connectivity index (χ0n) is 18.4. The Bertz CT molecular complexity index is 1200. The van der Waals surface area contributed by atoms with Crippen molar-refractivity contribution in [2.75, 3.05) is 0 Å². The number of nitrogens with one attached hydrogen (secondary N) is 1. The van der Waals surface area contributed by atoms with Crippen LogP contribution in [0.1, 0.15) is 25.7 Å². The number of benzene rings is 4. The van der Waals surface area contributed by atoms with Crippen molar-refractivity contribution in [2.24, 2.45) is 0 Å². The van der Waals surface area contributed by atoms with Gasteiger partial charge in [0.1, 0.15) is 0 Å². The van der Waals surface area contributed by atoms with E-state index in [2.05, 4.69) is 101 Å². The Morgan fingerprint density at radius 2 is 1.18 bits per heavy atom. The van der Waals surface area contributed by atoms with Crippen LogP contribution in [-0.2, 0) is 17.4 Å². The summed E-state index contributed by atoms with van der Waals surface area (Å²) in [6, 6.07) is 40.0. The smallest absolute Gasteiger partial charge is 1.00 e. The molecule has 1 aliphatic carbocycles. The Morgan fingerprint density at radius 3 is 1.76 bits per heavy atom. The van der Waals surface area contributed by atoms with Gasteiger partial charge in [0.05, 0.1) is 0 Å². The number of allylic oxidation sites excluding steroid dienone is 1. The third-order valence-corrected chi connectivity index (χ3v) is 19.5. The van der Waals surface area contributed by atoms with Crippen LogP contribution in [0.5, 0.6) is 0 Å². The average molecular weight is 537 g/mol. The maximum absolute atomic E-state index is 13.4. The first-order valence-electron chi connectivity index (χ1n) is 10.9. The summed E-state index contributed by atoms with van der Waals surface area (Å²) in [6.45, 7) is -1.67. The number of rotatable bonds is 6. The van der Waals surface area contributed by atoms with Crippen molar-refractivity contribution in [1.29, 1.82) is 0 Å². The maximum atomic E-state index is 13.4. The molecule has 0 aromatic heterocycles. The second-order valence-corrected chi connectivity index (χ2v) is 18.2. The quantitative estimate of drug-likeness (QED) is 0.291. The molecule has 1 N–H and O–H groups in total. The fraction of sp³-hybridized carbons (Fsp3) is 0.0357. The van der Waals surface area contributed by atoms with Crippen molar-refractivity contribution in [3.8, 4) is 0 Å². The first-order chi connectivity index (χ1) is 15.8. The summed E-state index contributed by atoms with van der Waals surface area (Å²) in [4.78, 5) is 13.4. The van der Waals surface area contributed by atoms with Crippen molar-refractivity contribution < 1.29 is 47.0 Å². The number of halogens is 2. The van der Waals surface area contributed by atoms with Gasteiger partial charge < -0.3 is 24.8 Å². The van der Waals surface area contributed by atoms with Gasteiger partial charge in [-0.2, -0.15) is 0 Å². The van der Waals surface area contributed by atoms with Crippen LogP contribution in [0, 0.1) is 0 Å². The summed E-state index contributed by atoms with van der Waals surface area (Å²) in [5.41, 5.74) is 3.38. The van der Waals surface area contributed by atoms with E-state index in [1.165, 1.54) is 21.5 Å². The molecular weight excluding hydrogens is 513 g/mol. The van der Waals surface area contributed by atoms with E-state index in [9.17, 15) is 4.79 Å². The van der Waals surface area contributed by atoms with E-state index in [4.69, 9.17) is 0 Å². The monoisotopic (exact) mass is 536 g/mol. The van der Waals surface area contributed by atoms with Crippen LogP contribution < -0.4 is 39.0 Å². The Labute approximate surface area is 220 Å². The van der Waals surface area contributed by atoms with Crippen molar-refractivity contribution in [2.45, 2.75) is 4.22 Å². The van der Waals surface area contributed by atoms with Gasteiger partial charge in [-0.3, -0.25) is 0 Å². The largest absolute Gasteiger partial charge is 1.00 e. The van der Waals surface area contributed by atoms with Crippen LogP contribution in [0.25, 0.3) is 6.08 Å². The van der Waals surface area contributed by atoms with Crippen molar-refractivity contribution in [3.63, 3.8) is 0 Å². The zero-order valence-corrected chi connectivity index (χ0v) is 22.7. The van der Waals surface area contributed by atoms with E-state index in [0.717, 1.165) is 5.56 Å². The molecule has 0 saturated heterocycles. The van der Waals surface area contributed by atoms with Crippen LogP contribution in [0.2, 0.25) is 0 Å². The minimum atomic E-state index is -2.24. The van der Waals surface area contributed by atoms with Gasteiger partial charge in [-0.05, 0) is 0 Å². The van der Waals surface area contributed by atoms with Gasteiger partial charge in [0.2, 0.25) is 0 Å². The maximum Gasteiger partial charge on any atom is -1.00 e. The number of amides is 1. The van der Waals surface area contributed by atoms with E-state index in [1.807, 2.05) is 30.3 Å². The summed E-state index contributed by atoms with van der Waals surface area (Å²) in [5.74, 6) is 0.0581. The summed E-state index contributed by atoms with van der Waals surface area (Å²) in [5, 5.41) is 2.81. The Hall–Kier alpha value is -2.40.